The summed E-state index contributed by atoms with van der Waals surface area (Å²) in [7, 11) is 0. The molecule has 0 atom stereocenters. The second kappa shape index (κ2) is 5.29. The maximum absolute atomic E-state index is 5.71. The largest absolute Gasteiger partial charge is 0.326 e. The molecule has 0 radical (unpaired) electrons. The number of thiophene rings is 1. The van der Waals surface area contributed by atoms with E-state index in [-0.39, 0.29) is 0 Å². The SMILES string of the molecule is Cc1sc(CN)cc1CN1CCN(C2CC2)CC1. The van der Waals surface area contributed by atoms with Crippen molar-refractivity contribution in [2.45, 2.75) is 38.9 Å². The van der Waals surface area contributed by atoms with E-state index in [0.29, 0.717) is 6.54 Å². The van der Waals surface area contributed by atoms with Gasteiger partial charge in [0.15, 0.2) is 0 Å². The second-order valence-corrected chi connectivity index (χ2v) is 6.88. The maximum Gasteiger partial charge on any atom is 0.0274 e. The van der Waals surface area contributed by atoms with E-state index in [0.717, 1.165) is 12.6 Å². The zero-order valence-corrected chi connectivity index (χ0v) is 12.0. The van der Waals surface area contributed by atoms with Gasteiger partial charge in [0.25, 0.3) is 0 Å². The minimum Gasteiger partial charge on any atom is -0.326 e. The highest BCUT2D eigenvalue weighted by Crippen LogP contribution is 2.28. The topological polar surface area (TPSA) is 32.5 Å². The molecule has 0 bridgehead atoms. The van der Waals surface area contributed by atoms with Crippen LogP contribution in [0.4, 0.5) is 0 Å². The summed E-state index contributed by atoms with van der Waals surface area (Å²) in [5.41, 5.74) is 7.20. The van der Waals surface area contributed by atoms with Gasteiger partial charge in [0.1, 0.15) is 0 Å². The van der Waals surface area contributed by atoms with Crippen molar-refractivity contribution >= 4 is 11.3 Å². The number of piperazine rings is 1. The highest BCUT2D eigenvalue weighted by atomic mass is 32.1. The van der Waals surface area contributed by atoms with E-state index in [1.165, 1.54) is 54.3 Å². The Morgan fingerprint density at radius 3 is 2.56 bits per heavy atom. The fraction of sp³-hybridized carbons (Fsp3) is 0.714. The molecule has 1 aromatic rings. The van der Waals surface area contributed by atoms with E-state index < -0.39 is 0 Å². The fourth-order valence-electron chi connectivity index (χ4n) is 2.81. The number of rotatable bonds is 4. The average Bonchev–Trinajstić information content (AvgIpc) is 3.17. The Labute approximate surface area is 114 Å². The third kappa shape index (κ3) is 2.77. The van der Waals surface area contributed by atoms with Gasteiger partial charge in [-0.05, 0) is 31.4 Å². The molecule has 3 rings (SSSR count). The third-order valence-corrected chi connectivity index (χ3v) is 5.25. The molecule has 4 heteroatoms. The third-order valence-electron chi connectivity index (χ3n) is 4.14. The van der Waals surface area contributed by atoms with Gasteiger partial charge in [0, 0.05) is 55.1 Å². The standard InChI is InChI=1S/C14H23N3S/c1-11-12(8-14(9-15)18-11)10-16-4-6-17(7-5-16)13-2-3-13/h8,13H,2-7,9-10,15H2,1H3. The van der Waals surface area contributed by atoms with Crippen LogP contribution in [0, 0.1) is 6.92 Å². The molecule has 1 aliphatic carbocycles. The van der Waals surface area contributed by atoms with Crippen LogP contribution < -0.4 is 5.73 Å². The number of nitrogens with zero attached hydrogens (tertiary/aromatic N) is 2. The lowest BCUT2D eigenvalue weighted by Gasteiger charge is -2.34. The monoisotopic (exact) mass is 265 g/mol. The Bertz CT molecular complexity index is 403. The second-order valence-electron chi connectivity index (χ2n) is 5.54. The van der Waals surface area contributed by atoms with Gasteiger partial charge in [0.2, 0.25) is 0 Å². The fourth-order valence-corrected chi connectivity index (χ4v) is 3.74. The van der Waals surface area contributed by atoms with E-state index in [9.17, 15) is 0 Å². The molecule has 100 valence electrons. The zero-order chi connectivity index (χ0) is 12.5. The minimum absolute atomic E-state index is 0.682. The molecule has 2 fully saturated rings. The van der Waals surface area contributed by atoms with Crippen LogP contribution in [-0.2, 0) is 13.1 Å². The summed E-state index contributed by atoms with van der Waals surface area (Å²) >= 11 is 1.86. The van der Waals surface area contributed by atoms with Crippen LogP contribution in [0.2, 0.25) is 0 Å². The molecule has 0 spiro atoms. The van der Waals surface area contributed by atoms with Crippen LogP contribution in [0.3, 0.4) is 0 Å². The van der Waals surface area contributed by atoms with Gasteiger partial charge in [0.05, 0.1) is 0 Å². The predicted octanol–water partition coefficient (Wildman–Crippen LogP) is 1.80. The molecule has 1 aliphatic heterocycles. The Hall–Kier alpha value is -0.420. The van der Waals surface area contributed by atoms with Crippen LogP contribution in [0.5, 0.6) is 0 Å². The Balaban J connectivity index is 1.54. The quantitative estimate of drug-likeness (QED) is 0.901. The lowest BCUT2D eigenvalue weighted by molar-refractivity contribution is 0.121. The molecule has 0 aromatic carbocycles. The molecule has 3 nitrogen and oxygen atoms in total. The zero-order valence-electron chi connectivity index (χ0n) is 11.2. The first-order valence-electron chi connectivity index (χ1n) is 7.01. The predicted molar refractivity (Wildman–Crippen MR) is 76.8 cm³/mol. The summed E-state index contributed by atoms with van der Waals surface area (Å²) in [6.07, 6.45) is 2.87. The molecule has 18 heavy (non-hydrogen) atoms. The van der Waals surface area contributed by atoms with Crippen LogP contribution in [0.25, 0.3) is 0 Å². The smallest absolute Gasteiger partial charge is 0.0274 e. The lowest BCUT2D eigenvalue weighted by Crippen LogP contribution is -2.46. The normalized spacial score (nSPS) is 22.6. The van der Waals surface area contributed by atoms with Crippen LogP contribution >= 0.6 is 11.3 Å². The van der Waals surface area contributed by atoms with Crippen molar-refractivity contribution in [2.75, 3.05) is 26.2 Å². The summed E-state index contributed by atoms with van der Waals surface area (Å²) < 4.78 is 0. The van der Waals surface area contributed by atoms with Crippen LogP contribution in [-0.4, -0.2) is 42.0 Å². The van der Waals surface area contributed by atoms with Gasteiger partial charge < -0.3 is 5.73 Å². The van der Waals surface area contributed by atoms with Crippen molar-refractivity contribution in [2.24, 2.45) is 5.73 Å². The van der Waals surface area contributed by atoms with Gasteiger partial charge in [-0.25, -0.2) is 0 Å². The summed E-state index contributed by atoms with van der Waals surface area (Å²) in [6.45, 7) is 8.99. The molecular weight excluding hydrogens is 242 g/mol. The molecule has 2 heterocycles. The van der Waals surface area contributed by atoms with Crippen molar-refractivity contribution in [1.29, 1.82) is 0 Å². The first kappa shape index (κ1) is 12.6. The van der Waals surface area contributed by atoms with E-state index in [4.69, 9.17) is 5.73 Å². The maximum atomic E-state index is 5.71. The molecule has 1 saturated heterocycles. The highest BCUT2D eigenvalue weighted by Gasteiger charge is 2.31. The first-order valence-corrected chi connectivity index (χ1v) is 7.82. The van der Waals surface area contributed by atoms with Crippen molar-refractivity contribution in [3.63, 3.8) is 0 Å². The summed E-state index contributed by atoms with van der Waals surface area (Å²) in [5, 5.41) is 0. The summed E-state index contributed by atoms with van der Waals surface area (Å²) in [6, 6.07) is 3.23. The number of hydrogen-bond donors (Lipinski definition) is 1. The first-order chi connectivity index (χ1) is 8.76. The number of hydrogen-bond acceptors (Lipinski definition) is 4. The van der Waals surface area contributed by atoms with Gasteiger partial charge in [-0.3, -0.25) is 9.80 Å². The van der Waals surface area contributed by atoms with Gasteiger partial charge >= 0.3 is 0 Å². The van der Waals surface area contributed by atoms with Crippen LogP contribution in [0.15, 0.2) is 6.07 Å². The Morgan fingerprint density at radius 1 is 1.28 bits per heavy atom. The summed E-state index contributed by atoms with van der Waals surface area (Å²) in [5.74, 6) is 0. The van der Waals surface area contributed by atoms with Crippen molar-refractivity contribution < 1.29 is 0 Å². The van der Waals surface area contributed by atoms with E-state index in [1.807, 2.05) is 11.3 Å². The lowest BCUT2D eigenvalue weighted by atomic mass is 10.2. The van der Waals surface area contributed by atoms with E-state index >= 15 is 0 Å². The molecule has 0 unspecified atom stereocenters. The summed E-state index contributed by atoms with van der Waals surface area (Å²) in [4.78, 5) is 8.02. The number of aryl methyl sites for hydroxylation is 1. The molecule has 2 aliphatic rings. The average molecular weight is 265 g/mol. The van der Waals surface area contributed by atoms with E-state index in [2.05, 4.69) is 22.8 Å². The minimum atomic E-state index is 0.682. The van der Waals surface area contributed by atoms with E-state index in [1.54, 1.807) is 0 Å². The van der Waals surface area contributed by atoms with Gasteiger partial charge in [-0.2, -0.15) is 0 Å². The van der Waals surface area contributed by atoms with Gasteiger partial charge in [-0.1, -0.05) is 0 Å². The van der Waals surface area contributed by atoms with Crippen LogP contribution in [0.1, 0.15) is 28.2 Å². The van der Waals surface area contributed by atoms with Crippen molar-refractivity contribution in [3.05, 3.63) is 21.4 Å². The molecular formula is C14H23N3S. The molecule has 0 amide bonds. The highest BCUT2D eigenvalue weighted by molar-refractivity contribution is 7.12. The Morgan fingerprint density at radius 2 is 2.00 bits per heavy atom. The molecule has 2 N–H and O–H groups in total. The molecule has 1 saturated carbocycles. The van der Waals surface area contributed by atoms with Gasteiger partial charge in [-0.15, -0.1) is 11.3 Å². The Kier molecular flexibility index (Phi) is 3.71. The van der Waals surface area contributed by atoms with Crippen molar-refractivity contribution in [1.82, 2.24) is 9.80 Å². The number of nitrogens with two attached hydrogens (primary N) is 1. The molecule has 1 aromatic heterocycles. The van der Waals surface area contributed by atoms with Crippen molar-refractivity contribution in [3.8, 4) is 0 Å².